The Morgan fingerprint density at radius 1 is 1.05 bits per heavy atom. The maximum Gasteiger partial charge on any atom is 0.0680 e. The van der Waals surface area contributed by atoms with Gasteiger partial charge < -0.3 is 10.1 Å². The Hall–Kier alpha value is -0.600. The lowest BCUT2D eigenvalue weighted by molar-refractivity contribution is 0.0541. The first-order valence-electron chi connectivity index (χ1n) is 8.50. The SMILES string of the molecule is CNC1CCC/C=C(\COC2CC/C=C/CCC2)CC1. The predicted molar refractivity (Wildman–Crippen MR) is 86.0 cm³/mol. The molecule has 0 aliphatic heterocycles. The Bertz CT molecular complexity index is 321. The molecule has 2 heteroatoms. The highest BCUT2D eigenvalue weighted by molar-refractivity contribution is 5.04. The summed E-state index contributed by atoms with van der Waals surface area (Å²) in [5, 5.41) is 3.44. The van der Waals surface area contributed by atoms with Crippen LogP contribution in [0, 0.1) is 0 Å². The van der Waals surface area contributed by atoms with E-state index >= 15 is 0 Å². The molecule has 0 spiro atoms. The molecule has 0 aromatic rings. The molecule has 0 saturated heterocycles. The Kier molecular flexibility index (Phi) is 7.38. The summed E-state index contributed by atoms with van der Waals surface area (Å²) >= 11 is 0. The van der Waals surface area contributed by atoms with E-state index in [2.05, 4.69) is 30.6 Å². The number of hydrogen-bond acceptors (Lipinski definition) is 2. The van der Waals surface area contributed by atoms with Gasteiger partial charge in [-0.2, -0.15) is 0 Å². The second-order valence-electron chi connectivity index (χ2n) is 6.23. The highest BCUT2D eigenvalue weighted by atomic mass is 16.5. The van der Waals surface area contributed by atoms with Crippen LogP contribution in [-0.4, -0.2) is 25.8 Å². The van der Waals surface area contributed by atoms with Crippen LogP contribution >= 0.6 is 0 Å². The molecule has 0 fully saturated rings. The minimum Gasteiger partial charge on any atom is -0.374 e. The molecule has 0 heterocycles. The zero-order chi connectivity index (χ0) is 14.0. The lowest BCUT2D eigenvalue weighted by atomic mass is 9.96. The molecular formula is C18H31NO. The maximum atomic E-state index is 6.20. The topological polar surface area (TPSA) is 21.3 Å². The molecule has 2 rings (SSSR count). The Labute approximate surface area is 124 Å². The smallest absolute Gasteiger partial charge is 0.0680 e. The van der Waals surface area contributed by atoms with Crippen LogP contribution in [0.15, 0.2) is 23.8 Å². The van der Waals surface area contributed by atoms with Gasteiger partial charge in [0.15, 0.2) is 0 Å². The van der Waals surface area contributed by atoms with Crippen LogP contribution in [0.1, 0.15) is 64.2 Å². The average molecular weight is 277 g/mol. The summed E-state index contributed by atoms with van der Waals surface area (Å²) < 4.78 is 6.20. The van der Waals surface area contributed by atoms with Crippen LogP contribution in [0.2, 0.25) is 0 Å². The summed E-state index contributed by atoms with van der Waals surface area (Å²) in [6.07, 6.45) is 20.0. The second-order valence-corrected chi connectivity index (χ2v) is 6.23. The van der Waals surface area contributed by atoms with Crippen molar-refractivity contribution in [2.45, 2.75) is 76.4 Å². The third kappa shape index (κ3) is 5.80. The lowest BCUT2D eigenvalue weighted by Gasteiger charge is -2.22. The molecule has 0 bridgehead atoms. The fraction of sp³-hybridized carbons (Fsp3) is 0.778. The monoisotopic (exact) mass is 277 g/mol. The summed E-state index contributed by atoms with van der Waals surface area (Å²) in [5.74, 6) is 0. The number of ether oxygens (including phenoxy) is 1. The molecule has 0 saturated carbocycles. The summed E-state index contributed by atoms with van der Waals surface area (Å²) in [4.78, 5) is 0. The highest BCUT2D eigenvalue weighted by Crippen LogP contribution is 2.20. The number of rotatable bonds is 4. The van der Waals surface area contributed by atoms with Gasteiger partial charge in [0, 0.05) is 6.04 Å². The molecule has 0 aromatic heterocycles. The van der Waals surface area contributed by atoms with E-state index in [0.29, 0.717) is 12.1 Å². The molecule has 2 aliphatic carbocycles. The van der Waals surface area contributed by atoms with Gasteiger partial charge >= 0.3 is 0 Å². The minimum absolute atomic E-state index is 0.478. The van der Waals surface area contributed by atoms with Gasteiger partial charge in [-0.05, 0) is 76.8 Å². The van der Waals surface area contributed by atoms with Crippen LogP contribution in [0.25, 0.3) is 0 Å². The third-order valence-electron chi connectivity index (χ3n) is 4.64. The van der Waals surface area contributed by atoms with Gasteiger partial charge in [0.25, 0.3) is 0 Å². The lowest BCUT2D eigenvalue weighted by Crippen LogP contribution is -2.26. The Balaban J connectivity index is 1.75. The van der Waals surface area contributed by atoms with Crippen molar-refractivity contribution < 1.29 is 4.74 Å². The van der Waals surface area contributed by atoms with Crippen molar-refractivity contribution in [3.63, 3.8) is 0 Å². The molecule has 114 valence electrons. The second kappa shape index (κ2) is 9.36. The summed E-state index contributed by atoms with van der Waals surface area (Å²) in [6, 6.07) is 0.699. The van der Waals surface area contributed by atoms with Gasteiger partial charge in [-0.3, -0.25) is 0 Å². The van der Waals surface area contributed by atoms with Gasteiger partial charge in [0.1, 0.15) is 0 Å². The number of allylic oxidation sites excluding steroid dienone is 3. The van der Waals surface area contributed by atoms with E-state index in [4.69, 9.17) is 4.74 Å². The molecule has 1 N–H and O–H groups in total. The van der Waals surface area contributed by atoms with Crippen molar-refractivity contribution in [1.29, 1.82) is 0 Å². The highest BCUT2D eigenvalue weighted by Gasteiger charge is 2.13. The minimum atomic E-state index is 0.478. The van der Waals surface area contributed by atoms with Crippen molar-refractivity contribution in [3.05, 3.63) is 23.8 Å². The molecular weight excluding hydrogens is 246 g/mol. The van der Waals surface area contributed by atoms with Gasteiger partial charge in [0.05, 0.1) is 12.7 Å². The summed E-state index contributed by atoms with van der Waals surface area (Å²) in [5.41, 5.74) is 1.53. The zero-order valence-electron chi connectivity index (χ0n) is 13.1. The van der Waals surface area contributed by atoms with Crippen LogP contribution in [0.5, 0.6) is 0 Å². The normalized spacial score (nSPS) is 33.1. The van der Waals surface area contributed by atoms with Crippen LogP contribution < -0.4 is 5.32 Å². The average Bonchev–Trinajstić information content (AvgIpc) is 2.40. The Morgan fingerprint density at radius 3 is 2.80 bits per heavy atom. The van der Waals surface area contributed by atoms with Crippen molar-refractivity contribution >= 4 is 0 Å². The quantitative estimate of drug-likeness (QED) is 0.770. The van der Waals surface area contributed by atoms with E-state index in [9.17, 15) is 0 Å². The molecule has 2 nitrogen and oxygen atoms in total. The first-order valence-corrected chi connectivity index (χ1v) is 8.50. The largest absolute Gasteiger partial charge is 0.374 e. The standard InChI is InChI=1S/C18H31NO/c1-19-17-10-8-7-9-16(13-14-17)15-20-18-11-5-3-2-4-6-12-18/h2-3,9,17-19H,4-8,10-15H2,1H3/b3-2+,16-9-. The van der Waals surface area contributed by atoms with Crippen molar-refractivity contribution in [1.82, 2.24) is 5.32 Å². The van der Waals surface area contributed by atoms with Gasteiger partial charge in [0.2, 0.25) is 0 Å². The summed E-state index contributed by atoms with van der Waals surface area (Å²) in [7, 11) is 2.09. The zero-order valence-corrected chi connectivity index (χ0v) is 13.1. The van der Waals surface area contributed by atoms with E-state index < -0.39 is 0 Å². The Morgan fingerprint density at radius 2 is 1.90 bits per heavy atom. The maximum absolute atomic E-state index is 6.20. The van der Waals surface area contributed by atoms with E-state index in [-0.39, 0.29) is 0 Å². The molecule has 2 atom stereocenters. The van der Waals surface area contributed by atoms with E-state index in [0.717, 1.165) is 6.61 Å². The number of nitrogens with one attached hydrogen (secondary N) is 1. The molecule has 20 heavy (non-hydrogen) atoms. The number of hydrogen-bond donors (Lipinski definition) is 1. The predicted octanol–water partition coefficient (Wildman–Crippen LogP) is 4.37. The van der Waals surface area contributed by atoms with Crippen LogP contribution in [0.4, 0.5) is 0 Å². The summed E-state index contributed by atoms with van der Waals surface area (Å²) in [6.45, 7) is 0.866. The third-order valence-corrected chi connectivity index (χ3v) is 4.64. The van der Waals surface area contributed by atoms with Gasteiger partial charge in [-0.25, -0.2) is 0 Å². The molecule has 0 amide bonds. The fourth-order valence-electron chi connectivity index (χ4n) is 3.21. The molecule has 0 aromatic carbocycles. The van der Waals surface area contributed by atoms with Crippen molar-refractivity contribution in [3.8, 4) is 0 Å². The van der Waals surface area contributed by atoms with Gasteiger partial charge in [-0.1, -0.05) is 18.2 Å². The first-order chi connectivity index (χ1) is 9.88. The van der Waals surface area contributed by atoms with Crippen molar-refractivity contribution in [2.24, 2.45) is 0 Å². The van der Waals surface area contributed by atoms with E-state index in [1.165, 1.54) is 69.8 Å². The fourth-order valence-corrected chi connectivity index (χ4v) is 3.21. The van der Waals surface area contributed by atoms with Crippen molar-refractivity contribution in [2.75, 3.05) is 13.7 Å². The first kappa shape index (κ1) is 15.8. The molecule has 2 aliphatic rings. The van der Waals surface area contributed by atoms with E-state index in [1.54, 1.807) is 0 Å². The van der Waals surface area contributed by atoms with Crippen LogP contribution in [-0.2, 0) is 4.74 Å². The van der Waals surface area contributed by atoms with Crippen LogP contribution in [0.3, 0.4) is 0 Å². The molecule has 2 unspecified atom stereocenters. The van der Waals surface area contributed by atoms with Gasteiger partial charge in [-0.15, -0.1) is 0 Å². The van der Waals surface area contributed by atoms with E-state index in [1.807, 2.05) is 0 Å². The molecule has 0 radical (unpaired) electrons.